The minimum Gasteiger partial charge on any atom is -0.493 e. The second kappa shape index (κ2) is 9.60. The van der Waals surface area contributed by atoms with E-state index in [9.17, 15) is 10.1 Å². The van der Waals surface area contributed by atoms with Crippen LogP contribution in [-0.4, -0.2) is 18.6 Å². The van der Waals surface area contributed by atoms with Gasteiger partial charge in [-0.25, -0.2) is 0 Å². The lowest BCUT2D eigenvalue weighted by Crippen LogP contribution is -2.41. The van der Waals surface area contributed by atoms with Gasteiger partial charge in [-0.1, -0.05) is 63.9 Å². The number of hydrogen-bond acceptors (Lipinski definition) is 3. The zero-order chi connectivity index (χ0) is 20.8. The van der Waals surface area contributed by atoms with Gasteiger partial charge >= 0.3 is 0 Å². The fraction of sp³-hybridized carbons (Fsp3) is 0.440. The second-order valence-electron chi connectivity index (χ2n) is 8.41. The maximum atomic E-state index is 12.7. The summed E-state index contributed by atoms with van der Waals surface area (Å²) in [5.41, 5.74) is 0.990. The summed E-state index contributed by atoms with van der Waals surface area (Å²) < 4.78 is 5.96. The minimum atomic E-state index is -0.282. The van der Waals surface area contributed by atoms with Gasteiger partial charge in [-0.05, 0) is 47.8 Å². The van der Waals surface area contributed by atoms with Gasteiger partial charge < -0.3 is 10.1 Å². The van der Waals surface area contributed by atoms with E-state index in [0.717, 1.165) is 41.3 Å². The summed E-state index contributed by atoms with van der Waals surface area (Å²) in [6, 6.07) is 14.0. The number of carbonyl (C=O) groups excluding carboxylic acids is 1. The van der Waals surface area contributed by atoms with Crippen molar-refractivity contribution in [1.82, 2.24) is 5.32 Å². The molecule has 0 unspecified atom stereocenters. The number of amides is 1. The summed E-state index contributed by atoms with van der Waals surface area (Å²) in [5, 5.41) is 14.7. The normalized spacial score (nSPS) is 19.8. The predicted molar refractivity (Wildman–Crippen MR) is 117 cm³/mol. The first-order valence-corrected chi connectivity index (χ1v) is 10.6. The molecule has 2 atom stereocenters. The van der Waals surface area contributed by atoms with Crippen molar-refractivity contribution in [2.45, 2.75) is 52.5 Å². The van der Waals surface area contributed by atoms with Crippen LogP contribution in [0.15, 0.2) is 42.0 Å². The van der Waals surface area contributed by atoms with Gasteiger partial charge in [0.05, 0.1) is 6.61 Å². The fourth-order valence-electron chi connectivity index (χ4n) is 3.88. The molecule has 0 saturated heterocycles. The third-order valence-electron chi connectivity index (χ3n) is 5.58. The number of fused-ring (bicyclic) bond motifs is 1. The Kier molecular flexibility index (Phi) is 6.93. The van der Waals surface area contributed by atoms with E-state index in [1.807, 2.05) is 36.4 Å². The van der Waals surface area contributed by atoms with Crippen LogP contribution >= 0.6 is 0 Å². The molecule has 4 heteroatoms. The topological polar surface area (TPSA) is 62.1 Å². The van der Waals surface area contributed by atoms with Crippen LogP contribution in [0.2, 0.25) is 0 Å². The summed E-state index contributed by atoms with van der Waals surface area (Å²) >= 11 is 0. The van der Waals surface area contributed by atoms with E-state index < -0.39 is 0 Å². The van der Waals surface area contributed by atoms with E-state index in [4.69, 9.17) is 4.74 Å². The molecule has 0 radical (unpaired) electrons. The Morgan fingerprint density at radius 1 is 1.21 bits per heavy atom. The molecule has 2 aromatic carbocycles. The summed E-state index contributed by atoms with van der Waals surface area (Å²) in [5.74, 6) is 1.43. The Hall–Kier alpha value is -2.80. The van der Waals surface area contributed by atoms with Gasteiger partial charge in [0.1, 0.15) is 17.4 Å². The minimum absolute atomic E-state index is 0.142. The molecule has 1 N–H and O–H groups in total. The van der Waals surface area contributed by atoms with Crippen molar-refractivity contribution in [2.75, 3.05) is 6.61 Å². The molecule has 152 valence electrons. The molecule has 1 amide bonds. The van der Waals surface area contributed by atoms with Crippen molar-refractivity contribution in [1.29, 1.82) is 5.26 Å². The Morgan fingerprint density at radius 2 is 1.93 bits per heavy atom. The largest absolute Gasteiger partial charge is 0.493 e. The van der Waals surface area contributed by atoms with Crippen LogP contribution in [0.5, 0.6) is 5.75 Å². The van der Waals surface area contributed by atoms with Crippen molar-refractivity contribution in [3.8, 4) is 11.8 Å². The van der Waals surface area contributed by atoms with Gasteiger partial charge in [0.25, 0.3) is 5.91 Å². The molecule has 1 aliphatic rings. The molecule has 3 rings (SSSR count). The first-order chi connectivity index (χ1) is 14.0. The van der Waals surface area contributed by atoms with Gasteiger partial charge in [0.15, 0.2) is 0 Å². The predicted octanol–water partition coefficient (Wildman–Crippen LogP) is 5.48. The third-order valence-corrected chi connectivity index (χ3v) is 5.58. The monoisotopic (exact) mass is 390 g/mol. The highest BCUT2D eigenvalue weighted by molar-refractivity contribution is 6.04. The zero-order valence-corrected chi connectivity index (χ0v) is 17.6. The van der Waals surface area contributed by atoms with Crippen LogP contribution < -0.4 is 10.1 Å². The van der Waals surface area contributed by atoms with Crippen molar-refractivity contribution < 1.29 is 9.53 Å². The van der Waals surface area contributed by atoms with Crippen LogP contribution in [0, 0.1) is 23.2 Å². The number of rotatable bonds is 6. The molecule has 0 spiro atoms. The molecule has 0 bridgehead atoms. The molecular weight excluding hydrogens is 360 g/mol. The van der Waals surface area contributed by atoms with E-state index in [-0.39, 0.29) is 17.5 Å². The molecule has 4 nitrogen and oxygen atoms in total. The molecular formula is C25H30N2O2. The van der Waals surface area contributed by atoms with Crippen molar-refractivity contribution >= 4 is 22.8 Å². The summed E-state index contributed by atoms with van der Waals surface area (Å²) in [7, 11) is 0. The van der Waals surface area contributed by atoms with Crippen LogP contribution in [0.1, 0.15) is 52.0 Å². The van der Waals surface area contributed by atoms with Gasteiger partial charge in [-0.3, -0.25) is 4.79 Å². The van der Waals surface area contributed by atoms with Crippen LogP contribution in [0.4, 0.5) is 0 Å². The Morgan fingerprint density at radius 3 is 2.62 bits per heavy atom. The maximum Gasteiger partial charge on any atom is 0.262 e. The van der Waals surface area contributed by atoms with E-state index in [0.29, 0.717) is 18.4 Å². The third kappa shape index (κ3) is 5.17. The Bertz CT molecular complexity index is 939. The second-order valence-corrected chi connectivity index (χ2v) is 8.41. The lowest BCUT2D eigenvalue weighted by molar-refractivity contribution is -0.118. The van der Waals surface area contributed by atoms with Crippen molar-refractivity contribution in [3.05, 3.63) is 47.5 Å². The van der Waals surface area contributed by atoms with Crippen LogP contribution in [-0.2, 0) is 4.79 Å². The number of nitrogens with zero attached hydrogens (tertiary/aromatic N) is 1. The molecule has 2 aromatic rings. The van der Waals surface area contributed by atoms with E-state index >= 15 is 0 Å². The highest BCUT2D eigenvalue weighted by Gasteiger charge is 2.24. The Balaban J connectivity index is 1.88. The maximum absolute atomic E-state index is 12.7. The van der Waals surface area contributed by atoms with E-state index in [2.05, 4.69) is 32.2 Å². The molecule has 0 heterocycles. The fourth-order valence-corrected chi connectivity index (χ4v) is 3.88. The lowest BCUT2D eigenvalue weighted by atomic mass is 9.86. The number of hydrogen-bond donors (Lipinski definition) is 1. The Labute approximate surface area is 173 Å². The number of nitrogens with one attached hydrogen (secondary N) is 1. The molecule has 1 fully saturated rings. The summed E-state index contributed by atoms with van der Waals surface area (Å²) in [6.45, 7) is 7.04. The van der Waals surface area contributed by atoms with E-state index in [1.54, 1.807) is 6.08 Å². The molecule has 1 saturated carbocycles. The average molecular weight is 391 g/mol. The molecule has 1 aliphatic carbocycles. The number of carbonyl (C=O) groups is 1. The summed E-state index contributed by atoms with van der Waals surface area (Å²) in [4.78, 5) is 12.7. The number of nitriles is 1. The lowest BCUT2D eigenvalue weighted by Gasteiger charge is -2.29. The highest BCUT2D eigenvalue weighted by Crippen LogP contribution is 2.30. The van der Waals surface area contributed by atoms with Gasteiger partial charge in [0, 0.05) is 11.4 Å². The van der Waals surface area contributed by atoms with Crippen LogP contribution in [0.3, 0.4) is 0 Å². The van der Waals surface area contributed by atoms with Gasteiger partial charge in [-0.15, -0.1) is 0 Å². The first-order valence-electron chi connectivity index (χ1n) is 10.6. The molecule has 29 heavy (non-hydrogen) atoms. The average Bonchev–Trinajstić information content (AvgIpc) is 2.72. The number of benzene rings is 2. The van der Waals surface area contributed by atoms with Gasteiger partial charge in [-0.2, -0.15) is 5.26 Å². The van der Waals surface area contributed by atoms with Gasteiger partial charge in [0.2, 0.25) is 0 Å². The van der Waals surface area contributed by atoms with Crippen molar-refractivity contribution in [2.24, 2.45) is 11.8 Å². The smallest absolute Gasteiger partial charge is 0.262 e. The summed E-state index contributed by atoms with van der Waals surface area (Å²) in [6.07, 6.45) is 6.14. The van der Waals surface area contributed by atoms with Crippen molar-refractivity contribution in [3.63, 3.8) is 0 Å². The van der Waals surface area contributed by atoms with E-state index in [1.165, 1.54) is 6.42 Å². The molecule has 0 aromatic heterocycles. The SMILES string of the molecule is CC(C)COc1ccc(/C=C(\C#N)C(=O)N[C@H]2CCCC[C@H]2C)c2ccccc12. The molecule has 0 aliphatic heterocycles. The highest BCUT2D eigenvalue weighted by atomic mass is 16.5. The number of ether oxygens (including phenoxy) is 1. The van der Waals surface area contributed by atoms with Crippen LogP contribution in [0.25, 0.3) is 16.8 Å². The first kappa shape index (κ1) is 20.9. The quantitative estimate of drug-likeness (QED) is 0.525. The standard InChI is InChI=1S/C25H30N2O2/c1-17(2)16-29-24-13-12-19(21-9-5-6-10-22(21)24)14-20(15-26)25(28)27-23-11-7-4-8-18(23)3/h5-6,9-10,12-14,17-18,23H,4,7-8,11,16H2,1-3H3,(H,27,28)/b20-14+/t18-,23+/m1/s1. The zero-order valence-electron chi connectivity index (χ0n) is 17.6.